The molecule has 2 heteroatoms. The predicted molar refractivity (Wildman–Crippen MR) is 61.5 cm³/mol. The molecule has 1 aliphatic heterocycles. The molecule has 0 aliphatic carbocycles. The number of rotatable bonds is 4. The summed E-state index contributed by atoms with van der Waals surface area (Å²) in [6, 6.07) is 0. The lowest BCUT2D eigenvalue weighted by atomic mass is 9.75. The molecule has 0 aromatic rings. The number of allylic oxidation sites excluding steroid dienone is 1. The van der Waals surface area contributed by atoms with Crippen LogP contribution in [0, 0.1) is 5.41 Å². The van der Waals surface area contributed by atoms with Gasteiger partial charge in [-0.25, -0.2) is 4.79 Å². The van der Waals surface area contributed by atoms with Gasteiger partial charge < -0.3 is 4.74 Å². The van der Waals surface area contributed by atoms with Crippen molar-refractivity contribution in [1.82, 2.24) is 0 Å². The second-order valence-corrected chi connectivity index (χ2v) is 4.35. The van der Waals surface area contributed by atoms with Crippen LogP contribution in [0.2, 0.25) is 0 Å². The molecule has 84 valence electrons. The highest BCUT2D eigenvalue weighted by molar-refractivity contribution is 5.92. The average molecular weight is 208 g/mol. The maximum Gasteiger partial charge on any atom is 0.334 e. The van der Waals surface area contributed by atoms with E-state index in [9.17, 15) is 4.79 Å². The van der Waals surface area contributed by atoms with E-state index in [0.29, 0.717) is 5.57 Å². The summed E-state index contributed by atoms with van der Waals surface area (Å²) >= 11 is 0. The zero-order valence-electron chi connectivity index (χ0n) is 9.88. The fourth-order valence-electron chi connectivity index (χ4n) is 1.98. The van der Waals surface area contributed by atoms with E-state index >= 15 is 0 Å². The predicted octanol–water partition coefficient (Wildman–Crippen LogP) is 3.24. The molecular weight excluding hydrogens is 188 g/mol. The van der Waals surface area contributed by atoms with E-state index in [-0.39, 0.29) is 17.5 Å². The first-order chi connectivity index (χ1) is 7.06. The Morgan fingerprint density at radius 3 is 2.80 bits per heavy atom. The Kier molecular flexibility index (Phi) is 3.72. The van der Waals surface area contributed by atoms with Crippen molar-refractivity contribution in [3.8, 4) is 0 Å². The van der Waals surface area contributed by atoms with Crippen LogP contribution in [0.25, 0.3) is 0 Å². The highest BCUT2D eigenvalue weighted by Gasteiger charge is 2.46. The van der Waals surface area contributed by atoms with Crippen molar-refractivity contribution in [3.05, 3.63) is 24.3 Å². The molecular formula is C13H20O2. The van der Waals surface area contributed by atoms with Crippen LogP contribution in [0.15, 0.2) is 24.3 Å². The lowest BCUT2D eigenvalue weighted by Crippen LogP contribution is -2.27. The smallest absolute Gasteiger partial charge is 0.334 e. The summed E-state index contributed by atoms with van der Waals surface area (Å²) in [5.74, 6) is -0.239. The molecule has 0 bridgehead atoms. The van der Waals surface area contributed by atoms with Gasteiger partial charge in [0.05, 0.1) is 0 Å². The minimum atomic E-state index is -0.239. The van der Waals surface area contributed by atoms with Gasteiger partial charge in [0, 0.05) is 11.0 Å². The molecule has 0 aromatic carbocycles. The fraction of sp³-hybridized carbons (Fsp3) is 0.615. The standard InChI is InChI=1S/C13H20O2/c1-5-7-9-13(4)10(3)12(14)15-11(13)8-6-2/h6,8,11H,3,5,7,9H2,1-2,4H3/b8-6+/t11-,13-/m0/s1. The molecule has 1 heterocycles. The molecule has 1 saturated heterocycles. The van der Waals surface area contributed by atoms with Crippen LogP contribution >= 0.6 is 0 Å². The topological polar surface area (TPSA) is 26.3 Å². The Balaban J connectivity index is 2.88. The van der Waals surface area contributed by atoms with E-state index in [2.05, 4.69) is 20.4 Å². The molecule has 1 fully saturated rings. The van der Waals surface area contributed by atoms with Gasteiger partial charge >= 0.3 is 5.97 Å². The summed E-state index contributed by atoms with van der Waals surface area (Å²) in [5, 5.41) is 0. The van der Waals surface area contributed by atoms with Gasteiger partial charge in [-0.1, -0.05) is 39.3 Å². The first-order valence-electron chi connectivity index (χ1n) is 5.59. The monoisotopic (exact) mass is 208 g/mol. The van der Waals surface area contributed by atoms with Crippen LogP contribution < -0.4 is 0 Å². The molecule has 0 spiro atoms. The van der Waals surface area contributed by atoms with Crippen LogP contribution in [0.3, 0.4) is 0 Å². The van der Waals surface area contributed by atoms with Crippen molar-refractivity contribution < 1.29 is 9.53 Å². The van der Waals surface area contributed by atoms with Gasteiger partial charge in [-0.05, 0) is 19.4 Å². The molecule has 0 N–H and O–H groups in total. The van der Waals surface area contributed by atoms with Crippen molar-refractivity contribution in [2.45, 2.75) is 46.1 Å². The second kappa shape index (κ2) is 4.65. The highest BCUT2D eigenvalue weighted by atomic mass is 16.6. The first-order valence-corrected chi connectivity index (χ1v) is 5.59. The van der Waals surface area contributed by atoms with Crippen molar-refractivity contribution in [3.63, 3.8) is 0 Å². The van der Waals surface area contributed by atoms with Gasteiger partial charge in [0.15, 0.2) is 0 Å². The van der Waals surface area contributed by atoms with Gasteiger partial charge in [-0.2, -0.15) is 0 Å². The zero-order chi connectivity index (χ0) is 11.5. The lowest BCUT2D eigenvalue weighted by Gasteiger charge is -2.27. The van der Waals surface area contributed by atoms with Gasteiger partial charge in [-0.3, -0.25) is 0 Å². The molecule has 1 rings (SSSR count). The molecule has 0 radical (unpaired) electrons. The summed E-state index contributed by atoms with van der Waals surface area (Å²) in [6.45, 7) is 10.0. The maximum absolute atomic E-state index is 11.5. The minimum Gasteiger partial charge on any atom is -0.454 e. The Bertz CT molecular complexity index is 291. The lowest BCUT2D eigenvalue weighted by molar-refractivity contribution is -0.137. The molecule has 0 saturated carbocycles. The molecule has 2 nitrogen and oxygen atoms in total. The number of hydrogen-bond acceptors (Lipinski definition) is 2. The van der Waals surface area contributed by atoms with Crippen molar-refractivity contribution in [2.75, 3.05) is 0 Å². The van der Waals surface area contributed by atoms with E-state index in [1.807, 2.05) is 19.1 Å². The van der Waals surface area contributed by atoms with Crippen molar-refractivity contribution >= 4 is 5.97 Å². The van der Waals surface area contributed by atoms with Gasteiger partial charge in [0.25, 0.3) is 0 Å². The Labute approximate surface area is 92.0 Å². The third-order valence-electron chi connectivity index (χ3n) is 3.21. The second-order valence-electron chi connectivity index (χ2n) is 4.35. The van der Waals surface area contributed by atoms with Crippen LogP contribution in [0.1, 0.15) is 40.0 Å². The minimum absolute atomic E-state index is 0.131. The number of carbonyl (C=O) groups excluding carboxylic acids is 1. The van der Waals surface area contributed by atoms with Gasteiger partial charge in [0.2, 0.25) is 0 Å². The Morgan fingerprint density at radius 1 is 1.60 bits per heavy atom. The molecule has 0 aromatic heterocycles. The van der Waals surface area contributed by atoms with E-state index in [1.165, 1.54) is 0 Å². The summed E-state index contributed by atoms with van der Waals surface area (Å²) in [7, 11) is 0. The number of esters is 1. The van der Waals surface area contributed by atoms with E-state index in [4.69, 9.17) is 4.74 Å². The molecule has 0 amide bonds. The number of carbonyl (C=O) groups is 1. The largest absolute Gasteiger partial charge is 0.454 e. The summed E-state index contributed by atoms with van der Waals surface area (Å²) < 4.78 is 5.30. The SMILES string of the molecule is C=C1C(=O)O[C@@H](/C=C/C)[C@@]1(C)CCCC. The Hall–Kier alpha value is -1.05. The number of ether oxygens (including phenoxy) is 1. The normalized spacial score (nSPS) is 31.3. The van der Waals surface area contributed by atoms with Gasteiger partial charge in [0.1, 0.15) is 6.10 Å². The molecule has 15 heavy (non-hydrogen) atoms. The average Bonchev–Trinajstić information content (AvgIpc) is 2.42. The molecule has 0 unspecified atom stereocenters. The molecule has 2 atom stereocenters. The summed E-state index contributed by atoms with van der Waals surface area (Å²) in [5.41, 5.74) is 0.415. The van der Waals surface area contributed by atoms with E-state index in [0.717, 1.165) is 19.3 Å². The maximum atomic E-state index is 11.5. The van der Waals surface area contributed by atoms with Crippen molar-refractivity contribution in [2.24, 2.45) is 5.41 Å². The summed E-state index contributed by atoms with van der Waals surface area (Å²) in [4.78, 5) is 11.5. The number of unbranched alkanes of at least 4 members (excludes halogenated alkanes) is 1. The van der Waals surface area contributed by atoms with Crippen LogP contribution in [0.4, 0.5) is 0 Å². The van der Waals surface area contributed by atoms with E-state index in [1.54, 1.807) is 0 Å². The van der Waals surface area contributed by atoms with Gasteiger partial charge in [-0.15, -0.1) is 0 Å². The quantitative estimate of drug-likeness (QED) is 0.403. The third-order valence-corrected chi connectivity index (χ3v) is 3.21. The first kappa shape index (κ1) is 12.0. The number of cyclic esters (lactones) is 1. The third kappa shape index (κ3) is 2.14. The number of hydrogen-bond donors (Lipinski definition) is 0. The molecule has 1 aliphatic rings. The zero-order valence-corrected chi connectivity index (χ0v) is 9.88. The van der Waals surface area contributed by atoms with Crippen LogP contribution in [-0.4, -0.2) is 12.1 Å². The fourth-order valence-corrected chi connectivity index (χ4v) is 1.98. The van der Waals surface area contributed by atoms with E-state index < -0.39 is 0 Å². The van der Waals surface area contributed by atoms with Crippen LogP contribution in [-0.2, 0) is 9.53 Å². The highest BCUT2D eigenvalue weighted by Crippen LogP contribution is 2.43. The van der Waals surface area contributed by atoms with Crippen LogP contribution in [0.5, 0.6) is 0 Å². The van der Waals surface area contributed by atoms with Crippen molar-refractivity contribution in [1.29, 1.82) is 0 Å². The summed E-state index contributed by atoms with van der Waals surface area (Å²) in [6.07, 6.45) is 6.93. The Morgan fingerprint density at radius 2 is 2.27 bits per heavy atom.